The molecule has 3 heterocycles. The Morgan fingerprint density at radius 2 is 1.58 bits per heavy atom. The Bertz CT molecular complexity index is 1660. The molecule has 0 aliphatic carbocycles. The predicted molar refractivity (Wildman–Crippen MR) is 149 cm³/mol. The second-order valence-corrected chi connectivity index (χ2v) is 10.2. The third kappa shape index (κ3) is 6.82. The lowest BCUT2D eigenvalue weighted by molar-refractivity contribution is -0.384. The minimum atomic E-state index is -5.10. The van der Waals surface area contributed by atoms with Gasteiger partial charge in [0.25, 0.3) is 11.8 Å². The van der Waals surface area contributed by atoms with E-state index in [1.54, 1.807) is 66.7 Å². The molecule has 45 heavy (non-hydrogen) atoms. The molecule has 4 aromatic rings. The monoisotopic (exact) mass is 633 g/mol. The summed E-state index contributed by atoms with van der Waals surface area (Å²) in [5, 5.41) is 19.2. The van der Waals surface area contributed by atoms with Gasteiger partial charge < -0.3 is 14.1 Å². The molecular weight excluding hydrogens is 608 g/mol. The third-order valence-corrected chi connectivity index (χ3v) is 7.15. The van der Waals surface area contributed by atoms with Crippen LogP contribution in [0, 0.1) is 10.1 Å². The summed E-state index contributed by atoms with van der Waals surface area (Å²) in [5.41, 5.74) is -5.49. The van der Waals surface area contributed by atoms with Gasteiger partial charge in [0.05, 0.1) is 11.5 Å². The van der Waals surface area contributed by atoms with E-state index in [0.717, 1.165) is 0 Å². The number of rotatable bonds is 6. The fraction of sp³-hybridized carbons (Fsp3) is 0.300. The summed E-state index contributed by atoms with van der Waals surface area (Å²) in [6.07, 6.45) is -7.91. The molecule has 0 spiro atoms. The number of alkyl halides is 6. The van der Waals surface area contributed by atoms with Gasteiger partial charge in [-0.1, -0.05) is 72.8 Å². The first-order valence-electron chi connectivity index (χ1n) is 13.7. The molecule has 4 bridgehead atoms. The maximum absolute atomic E-state index is 14.9. The van der Waals surface area contributed by atoms with Crippen LogP contribution in [0.1, 0.15) is 41.8 Å². The SMILES string of the molecule is O=[N+]([O-])c1cc(C(F)(F)F)c2nc1-c1nnc(o1)C(OCc1ccccc1)(C(F)(F)F)CCC=CCCN2Cc1ccccc1. The number of fused-ring (bicyclic) bond motifs is 5. The summed E-state index contributed by atoms with van der Waals surface area (Å²) in [6.45, 7) is -0.608. The van der Waals surface area contributed by atoms with Gasteiger partial charge in [-0.15, -0.1) is 10.2 Å². The zero-order chi connectivity index (χ0) is 32.2. The fourth-order valence-electron chi connectivity index (χ4n) is 4.90. The van der Waals surface area contributed by atoms with Crippen LogP contribution in [0.4, 0.5) is 37.8 Å². The molecule has 0 amide bonds. The summed E-state index contributed by atoms with van der Waals surface area (Å²) >= 11 is 0. The maximum atomic E-state index is 14.9. The molecule has 1 atom stereocenters. The van der Waals surface area contributed by atoms with Crippen molar-refractivity contribution in [2.45, 2.75) is 50.4 Å². The molecule has 1 aliphatic rings. The van der Waals surface area contributed by atoms with Crippen LogP contribution in [0.3, 0.4) is 0 Å². The van der Waals surface area contributed by atoms with Crippen molar-refractivity contribution in [3.05, 3.63) is 112 Å². The Morgan fingerprint density at radius 1 is 0.933 bits per heavy atom. The van der Waals surface area contributed by atoms with Crippen LogP contribution in [-0.2, 0) is 29.7 Å². The lowest BCUT2D eigenvalue weighted by Gasteiger charge is -2.32. The molecule has 9 nitrogen and oxygen atoms in total. The number of nitrogens with zero attached hydrogens (tertiary/aromatic N) is 5. The van der Waals surface area contributed by atoms with E-state index in [1.807, 2.05) is 0 Å². The van der Waals surface area contributed by atoms with Crippen molar-refractivity contribution < 1.29 is 40.4 Å². The number of hydrogen-bond acceptors (Lipinski definition) is 8. The Labute approximate surface area is 252 Å². The molecule has 1 aliphatic heterocycles. The molecule has 0 fully saturated rings. The zero-order valence-corrected chi connectivity index (χ0v) is 23.4. The highest BCUT2D eigenvalue weighted by molar-refractivity contribution is 5.68. The van der Waals surface area contributed by atoms with E-state index in [0.29, 0.717) is 11.1 Å². The quantitative estimate of drug-likeness (QED) is 0.0917. The third-order valence-electron chi connectivity index (χ3n) is 7.15. The van der Waals surface area contributed by atoms with Crippen molar-refractivity contribution in [2.24, 2.45) is 0 Å². The number of anilines is 1. The first-order chi connectivity index (χ1) is 21.4. The number of hydrogen-bond donors (Lipinski definition) is 0. The van der Waals surface area contributed by atoms with Gasteiger partial charge >= 0.3 is 18.0 Å². The van der Waals surface area contributed by atoms with Crippen LogP contribution in [0.2, 0.25) is 0 Å². The smallest absolute Gasteiger partial charge is 0.415 e. The van der Waals surface area contributed by atoms with Gasteiger partial charge in [-0.2, -0.15) is 26.3 Å². The summed E-state index contributed by atoms with van der Waals surface area (Å²) in [5.74, 6) is -2.61. The number of aromatic nitrogens is 3. The molecule has 5 rings (SSSR count). The topological polar surface area (TPSA) is 107 Å². The average Bonchev–Trinajstić information content (AvgIpc) is 3.49. The first kappa shape index (κ1) is 31.6. The molecule has 0 radical (unpaired) electrons. The van der Waals surface area contributed by atoms with Crippen LogP contribution >= 0.6 is 0 Å². The van der Waals surface area contributed by atoms with E-state index in [9.17, 15) is 36.5 Å². The maximum Gasteiger partial charge on any atom is 0.426 e. The van der Waals surface area contributed by atoms with E-state index < -0.39 is 70.4 Å². The van der Waals surface area contributed by atoms with Crippen LogP contribution in [0.5, 0.6) is 0 Å². The molecule has 1 unspecified atom stereocenters. The van der Waals surface area contributed by atoms with Gasteiger partial charge in [-0.3, -0.25) is 10.1 Å². The van der Waals surface area contributed by atoms with Gasteiger partial charge in [-0.25, -0.2) is 4.98 Å². The van der Waals surface area contributed by atoms with Crippen LogP contribution < -0.4 is 4.90 Å². The first-order valence-corrected chi connectivity index (χ1v) is 13.7. The van der Waals surface area contributed by atoms with Gasteiger partial charge in [0.2, 0.25) is 11.3 Å². The summed E-state index contributed by atoms with van der Waals surface area (Å²) in [4.78, 5) is 16.1. The van der Waals surface area contributed by atoms with Crippen molar-refractivity contribution in [2.75, 3.05) is 11.4 Å². The van der Waals surface area contributed by atoms with E-state index in [-0.39, 0.29) is 32.0 Å². The molecule has 2 aromatic carbocycles. The lowest BCUT2D eigenvalue weighted by atomic mass is 9.95. The van der Waals surface area contributed by atoms with E-state index in [1.165, 1.54) is 11.0 Å². The second kappa shape index (κ2) is 12.7. The fourth-order valence-corrected chi connectivity index (χ4v) is 4.90. The van der Waals surface area contributed by atoms with Crippen molar-refractivity contribution in [1.29, 1.82) is 0 Å². The van der Waals surface area contributed by atoms with Gasteiger partial charge in [0.1, 0.15) is 11.4 Å². The number of allylic oxidation sites excluding steroid dienone is 1. The highest BCUT2D eigenvalue weighted by Crippen LogP contribution is 2.47. The molecule has 0 saturated heterocycles. The summed E-state index contributed by atoms with van der Waals surface area (Å²) in [7, 11) is 0. The van der Waals surface area contributed by atoms with Crippen molar-refractivity contribution in [3.63, 3.8) is 0 Å². The molecule has 0 N–H and O–H groups in total. The van der Waals surface area contributed by atoms with Gasteiger partial charge in [0.15, 0.2) is 0 Å². The lowest BCUT2D eigenvalue weighted by Crippen LogP contribution is -2.45. The number of halogens is 6. The predicted octanol–water partition coefficient (Wildman–Crippen LogP) is 7.78. The molecule has 15 heteroatoms. The van der Waals surface area contributed by atoms with E-state index in [2.05, 4.69) is 15.2 Å². The Hall–Kier alpha value is -4.79. The van der Waals surface area contributed by atoms with Crippen LogP contribution in [0.15, 0.2) is 83.3 Å². The van der Waals surface area contributed by atoms with E-state index in [4.69, 9.17) is 9.15 Å². The Balaban J connectivity index is 1.70. The highest BCUT2D eigenvalue weighted by atomic mass is 19.4. The molecular formula is C30H25F6N5O4. The van der Waals surface area contributed by atoms with Gasteiger partial charge in [0, 0.05) is 19.2 Å². The van der Waals surface area contributed by atoms with Crippen molar-refractivity contribution in [1.82, 2.24) is 15.2 Å². The average molecular weight is 634 g/mol. The molecule has 2 aromatic heterocycles. The zero-order valence-electron chi connectivity index (χ0n) is 23.4. The second-order valence-electron chi connectivity index (χ2n) is 10.2. The van der Waals surface area contributed by atoms with Crippen LogP contribution in [0.25, 0.3) is 11.6 Å². The number of pyridine rings is 1. The van der Waals surface area contributed by atoms with E-state index >= 15 is 0 Å². The summed E-state index contributed by atoms with van der Waals surface area (Å²) in [6, 6.07) is 16.8. The minimum absolute atomic E-state index is 0.0528. The molecule has 236 valence electrons. The molecule has 0 saturated carbocycles. The van der Waals surface area contributed by atoms with Crippen LogP contribution in [-0.4, -0.2) is 32.8 Å². The summed E-state index contributed by atoms with van der Waals surface area (Å²) < 4.78 is 98.6. The number of benzene rings is 2. The highest BCUT2D eigenvalue weighted by Gasteiger charge is 2.61. The normalized spacial score (nSPS) is 17.6. The largest absolute Gasteiger partial charge is 0.426 e. The minimum Gasteiger partial charge on any atom is -0.415 e. The Kier molecular flexibility index (Phi) is 8.91. The Morgan fingerprint density at radius 3 is 2.20 bits per heavy atom. The van der Waals surface area contributed by atoms with Crippen molar-refractivity contribution in [3.8, 4) is 11.6 Å². The number of ether oxygens (including phenoxy) is 1. The standard InChI is InChI=1S/C30H25F6N5O4/c31-29(32,33)22-17-23(41(42)43)24-26-38-39-27(45-26)28(30(34,35)36,44-19-21-13-7-4-8-14-21)15-9-1-2-10-16-40(25(22)37-24)18-20-11-5-3-6-12-20/h1-8,11-14,17H,9-10,15-16,18-19H2. The number of nitro groups is 1. The van der Waals surface area contributed by atoms with Crippen molar-refractivity contribution >= 4 is 11.5 Å². The van der Waals surface area contributed by atoms with Gasteiger partial charge in [-0.05, 0) is 30.4 Å².